The molecule has 0 aliphatic heterocycles. The van der Waals surface area contributed by atoms with Crippen molar-refractivity contribution < 1.29 is 4.79 Å². The van der Waals surface area contributed by atoms with Gasteiger partial charge in [-0.1, -0.05) is 36.4 Å². The molecule has 152 valence electrons. The van der Waals surface area contributed by atoms with Crippen molar-refractivity contribution in [2.45, 2.75) is 27.3 Å². The summed E-state index contributed by atoms with van der Waals surface area (Å²) in [6.07, 6.45) is 0. The minimum atomic E-state index is -0.531. The van der Waals surface area contributed by atoms with E-state index in [0.29, 0.717) is 15.9 Å². The Morgan fingerprint density at radius 1 is 0.933 bits per heavy atom. The first-order valence-electron chi connectivity index (χ1n) is 9.53. The summed E-state index contributed by atoms with van der Waals surface area (Å²) in [6, 6.07) is 14.7. The average Bonchev–Trinajstić information content (AvgIpc) is 3.20. The lowest BCUT2D eigenvalue weighted by Crippen LogP contribution is -2.40. The third-order valence-corrected chi connectivity index (χ3v) is 6.05. The molecule has 0 unspecified atom stereocenters. The minimum absolute atomic E-state index is 0.188. The van der Waals surface area contributed by atoms with Crippen LogP contribution in [0.2, 0.25) is 0 Å². The summed E-state index contributed by atoms with van der Waals surface area (Å²) in [7, 11) is 0. The van der Waals surface area contributed by atoms with Crippen molar-refractivity contribution in [3.8, 4) is 5.69 Å². The number of rotatable bonds is 4. The first kappa shape index (κ1) is 19.8. The Hall–Kier alpha value is -3.45. The van der Waals surface area contributed by atoms with Crippen LogP contribution in [0.5, 0.6) is 0 Å². The molecule has 0 atom stereocenters. The molecule has 2 aromatic carbocycles. The van der Waals surface area contributed by atoms with Crippen LogP contribution in [0.25, 0.3) is 15.9 Å². The third kappa shape index (κ3) is 3.37. The molecule has 0 spiro atoms. The normalized spacial score (nSPS) is 11.0. The smallest absolute Gasteiger partial charge is 0.324 e. The molecule has 0 fully saturated rings. The van der Waals surface area contributed by atoms with Crippen LogP contribution in [0.15, 0.2) is 63.5 Å². The van der Waals surface area contributed by atoms with Crippen LogP contribution >= 0.6 is 11.3 Å². The van der Waals surface area contributed by atoms with Crippen molar-refractivity contribution in [1.29, 1.82) is 0 Å². The predicted molar refractivity (Wildman–Crippen MR) is 121 cm³/mol. The van der Waals surface area contributed by atoms with Gasteiger partial charge in [-0.05, 0) is 55.0 Å². The molecule has 4 aromatic rings. The second-order valence-electron chi connectivity index (χ2n) is 7.25. The van der Waals surface area contributed by atoms with Crippen LogP contribution in [0.4, 0.5) is 5.69 Å². The summed E-state index contributed by atoms with van der Waals surface area (Å²) in [5.74, 6) is -0.322. The number of fused-ring (bicyclic) bond motifs is 1. The number of nitrogens with zero attached hydrogens (tertiary/aromatic N) is 2. The largest absolute Gasteiger partial charge is 0.336 e. The van der Waals surface area contributed by atoms with Gasteiger partial charge < -0.3 is 5.32 Å². The fraction of sp³-hybridized carbons (Fsp3) is 0.174. The Morgan fingerprint density at radius 2 is 1.60 bits per heavy atom. The number of aromatic nitrogens is 2. The lowest BCUT2D eigenvalue weighted by atomic mass is 10.1. The van der Waals surface area contributed by atoms with E-state index >= 15 is 0 Å². The summed E-state index contributed by atoms with van der Waals surface area (Å²) in [5, 5.41) is 4.67. The van der Waals surface area contributed by atoms with Crippen LogP contribution in [0, 0.1) is 20.8 Å². The van der Waals surface area contributed by atoms with Gasteiger partial charge in [0.15, 0.2) is 0 Å². The van der Waals surface area contributed by atoms with Crippen LogP contribution in [-0.4, -0.2) is 15.0 Å². The van der Waals surface area contributed by atoms with Crippen molar-refractivity contribution in [1.82, 2.24) is 9.13 Å². The molecule has 0 saturated heterocycles. The molecule has 6 nitrogen and oxygen atoms in total. The number of carbonyl (C=O) groups excluding carboxylic acids is 1. The lowest BCUT2D eigenvalue weighted by molar-refractivity contribution is -0.116. The molecule has 2 heterocycles. The van der Waals surface area contributed by atoms with E-state index < -0.39 is 5.69 Å². The molecule has 0 bridgehead atoms. The number of benzene rings is 2. The summed E-state index contributed by atoms with van der Waals surface area (Å²) < 4.78 is 2.96. The third-order valence-electron chi connectivity index (χ3n) is 5.16. The maximum absolute atomic E-state index is 13.3. The van der Waals surface area contributed by atoms with E-state index in [-0.39, 0.29) is 18.0 Å². The standard InChI is InChI=1S/C23H21N3O3S/c1-14-7-4-5-10-17(14)26-22(28)21-18(11-12-30-21)25(23(26)29)13-19(27)24-20-15(2)8-6-9-16(20)3/h4-12H,13H2,1-3H3,(H,24,27). The first-order chi connectivity index (χ1) is 14.4. The number of amides is 1. The highest BCUT2D eigenvalue weighted by atomic mass is 32.1. The molecular weight excluding hydrogens is 398 g/mol. The molecule has 2 aromatic heterocycles. The lowest BCUT2D eigenvalue weighted by Gasteiger charge is -2.15. The Bertz CT molecular complexity index is 1370. The van der Waals surface area contributed by atoms with Crippen LogP contribution in [-0.2, 0) is 11.3 Å². The highest BCUT2D eigenvalue weighted by Gasteiger charge is 2.19. The van der Waals surface area contributed by atoms with Gasteiger partial charge in [0, 0.05) is 5.69 Å². The molecule has 1 N–H and O–H groups in total. The number of anilines is 1. The monoisotopic (exact) mass is 419 g/mol. The Labute approximate surface area is 177 Å². The molecule has 0 aliphatic rings. The van der Waals surface area contributed by atoms with Gasteiger partial charge in [-0.25, -0.2) is 9.36 Å². The van der Waals surface area contributed by atoms with Gasteiger partial charge in [0.1, 0.15) is 11.2 Å². The Kier molecular flexibility index (Phi) is 5.13. The minimum Gasteiger partial charge on any atom is -0.324 e. The highest BCUT2D eigenvalue weighted by Crippen LogP contribution is 2.20. The van der Waals surface area contributed by atoms with Crippen LogP contribution < -0.4 is 16.6 Å². The molecule has 30 heavy (non-hydrogen) atoms. The highest BCUT2D eigenvalue weighted by molar-refractivity contribution is 7.17. The van der Waals surface area contributed by atoms with E-state index in [9.17, 15) is 14.4 Å². The summed E-state index contributed by atoms with van der Waals surface area (Å²) in [5.41, 5.74) is 3.52. The molecule has 0 radical (unpaired) electrons. The number of nitrogens with one attached hydrogen (secondary N) is 1. The van der Waals surface area contributed by atoms with Crippen molar-refractivity contribution in [2.75, 3.05) is 5.32 Å². The van der Waals surface area contributed by atoms with Gasteiger partial charge in [-0.2, -0.15) is 0 Å². The zero-order chi connectivity index (χ0) is 21.4. The summed E-state index contributed by atoms with van der Waals surface area (Å²) in [6.45, 7) is 5.50. The Balaban J connectivity index is 1.83. The zero-order valence-electron chi connectivity index (χ0n) is 16.9. The predicted octanol–water partition coefficient (Wildman–Crippen LogP) is 3.78. The quantitative estimate of drug-likeness (QED) is 0.547. The molecular formula is C23H21N3O3S. The van der Waals surface area contributed by atoms with Gasteiger partial charge in [0.25, 0.3) is 5.56 Å². The molecule has 4 rings (SSSR count). The van der Waals surface area contributed by atoms with Gasteiger partial charge in [-0.15, -0.1) is 11.3 Å². The molecule has 7 heteroatoms. The van der Waals surface area contributed by atoms with Gasteiger partial charge in [-0.3, -0.25) is 14.2 Å². The SMILES string of the molecule is Cc1ccccc1-n1c(=O)c2sccc2n(CC(=O)Nc2c(C)cccc2C)c1=O. The molecule has 0 aliphatic carbocycles. The second kappa shape index (κ2) is 7.76. The molecule has 0 saturated carbocycles. The average molecular weight is 420 g/mol. The number of hydrogen-bond donors (Lipinski definition) is 1. The van der Waals surface area contributed by atoms with E-state index in [1.165, 1.54) is 15.9 Å². The first-order valence-corrected chi connectivity index (χ1v) is 10.4. The maximum Gasteiger partial charge on any atom is 0.336 e. The molecule has 1 amide bonds. The second-order valence-corrected chi connectivity index (χ2v) is 8.16. The topological polar surface area (TPSA) is 73.1 Å². The number of para-hydroxylation sites is 2. The number of carbonyl (C=O) groups is 1. The van der Waals surface area contributed by atoms with Crippen molar-refractivity contribution in [2.24, 2.45) is 0 Å². The summed E-state index contributed by atoms with van der Waals surface area (Å²) in [4.78, 5) is 39.2. The fourth-order valence-electron chi connectivity index (χ4n) is 3.60. The maximum atomic E-state index is 13.3. The number of aryl methyl sites for hydroxylation is 3. The Morgan fingerprint density at radius 3 is 2.30 bits per heavy atom. The van der Waals surface area contributed by atoms with Crippen molar-refractivity contribution in [3.05, 3.63) is 91.4 Å². The zero-order valence-corrected chi connectivity index (χ0v) is 17.7. The van der Waals surface area contributed by atoms with Gasteiger partial charge in [0.05, 0.1) is 11.2 Å². The fourth-order valence-corrected chi connectivity index (χ4v) is 4.43. The van der Waals surface area contributed by atoms with Gasteiger partial charge >= 0.3 is 5.69 Å². The van der Waals surface area contributed by atoms with E-state index in [0.717, 1.165) is 26.9 Å². The summed E-state index contributed by atoms with van der Waals surface area (Å²) >= 11 is 1.26. The van der Waals surface area contributed by atoms with E-state index in [2.05, 4.69) is 5.32 Å². The van der Waals surface area contributed by atoms with Crippen LogP contribution in [0.1, 0.15) is 16.7 Å². The van der Waals surface area contributed by atoms with Crippen molar-refractivity contribution >= 4 is 33.1 Å². The number of thiophene rings is 1. The van der Waals surface area contributed by atoms with E-state index in [4.69, 9.17) is 0 Å². The van der Waals surface area contributed by atoms with E-state index in [1.54, 1.807) is 23.6 Å². The number of hydrogen-bond acceptors (Lipinski definition) is 4. The van der Waals surface area contributed by atoms with E-state index in [1.807, 2.05) is 51.1 Å². The van der Waals surface area contributed by atoms with Crippen molar-refractivity contribution in [3.63, 3.8) is 0 Å². The van der Waals surface area contributed by atoms with Gasteiger partial charge in [0.2, 0.25) is 5.91 Å². The van der Waals surface area contributed by atoms with Crippen LogP contribution in [0.3, 0.4) is 0 Å².